The molecule has 2 N–H and O–H groups in total. The molecule has 0 saturated heterocycles. The van der Waals surface area contributed by atoms with Crippen LogP contribution in [0.25, 0.3) is 0 Å². The van der Waals surface area contributed by atoms with Gasteiger partial charge in [0.25, 0.3) is 0 Å². The number of hydrogen-bond donors (Lipinski definition) is 2. The quantitative estimate of drug-likeness (QED) is 0.777. The van der Waals surface area contributed by atoms with Gasteiger partial charge in [0.05, 0.1) is 10.7 Å². The van der Waals surface area contributed by atoms with Crippen LogP contribution >= 0.6 is 23.2 Å². The Kier molecular flexibility index (Phi) is 5.41. The van der Waals surface area contributed by atoms with Gasteiger partial charge in [0.2, 0.25) is 0 Å². The number of carbonyl (C=O) groups is 2. The number of Topliss-reactive ketones (excluding diaryl/α,β-unsaturated/α-hetero) is 1. The number of carboxylic acids is 1. The van der Waals surface area contributed by atoms with Gasteiger partial charge in [0.15, 0.2) is 5.78 Å². The summed E-state index contributed by atoms with van der Waals surface area (Å²) in [6.45, 7) is 0. The number of nitrogens with one attached hydrogen (secondary N) is 1. The van der Waals surface area contributed by atoms with Gasteiger partial charge in [-0.25, -0.2) is 4.79 Å². The molecule has 0 amide bonds. The Morgan fingerprint density at radius 1 is 1.09 bits per heavy atom. The van der Waals surface area contributed by atoms with Crippen molar-refractivity contribution in [2.75, 3.05) is 5.32 Å². The van der Waals surface area contributed by atoms with E-state index >= 15 is 0 Å². The van der Waals surface area contributed by atoms with Crippen molar-refractivity contribution in [3.63, 3.8) is 0 Å². The molecule has 2 aromatic rings. The molecule has 0 unspecified atom stereocenters. The Labute approximate surface area is 137 Å². The van der Waals surface area contributed by atoms with E-state index in [0.29, 0.717) is 21.3 Å². The Morgan fingerprint density at radius 3 is 2.36 bits per heavy atom. The van der Waals surface area contributed by atoms with Crippen molar-refractivity contribution >= 4 is 40.6 Å². The van der Waals surface area contributed by atoms with E-state index in [1.807, 2.05) is 0 Å². The Balaban J connectivity index is 2.14. The minimum absolute atomic E-state index is 0.182. The Bertz CT molecular complexity index is 689. The van der Waals surface area contributed by atoms with E-state index in [9.17, 15) is 14.7 Å². The van der Waals surface area contributed by atoms with Gasteiger partial charge in [-0.3, -0.25) is 4.79 Å². The number of halogens is 2. The first-order valence-electron chi connectivity index (χ1n) is 6.50. The van der Waals surface area contributed by atoms with E-state index in [2.05, 4.69) is 5.32 Å². The molecular weight excluding hydrogens is 325 g/mol. The van der Waals surface area contributed by atoms with E-state index in [4.69, 9.17) is 23.2 Å². The van der Waals surface area contributed by atoms with Crippen molar-refractivity contribution in [2.45, 2.75) is 12.5 Å². The van der Waals surface area contributed by atoms with Gasteiger partial charge >= 0.3 is 5.97 Å². The molecule has 0 fully saturated rings. The average molecular weight is 338 g/mol. The second-order valence-corrected chi connectivity index (χ2v) is 5.50. The van der Waals surface area contributed by atoms with Gasteiger partial charge in [0.1, 0.15) is 6.04 Å². The van der Waals surface area contributed by atoms with E-state index in [1.54, 1.807) is 42.5 Å². The van der Waals surface area contributed by atoms with Crippen LogP contribution in [0.15, 0.2) is 48.5 Å². The minimum Gasteiger partial charge on any atom is -0.480 e. The summed E-state index contributed by atoms with van der Waals surface area (Å²) in [5.41, 5.74) is 0.886. The molecule has 0 aliphatic rings. The molecule has 0 aromatic heterocycles. The molecule has 0 spiro atoms. The van der Waals surface area contributed by atoms with Crippen LogP contribution in [0.3, 0.4) is 0 Å². The minimum atomic E-state index is -1.13. The molecule has 22 heavy (non-hydrogen) atoms. The number of ketones is 1. The van der Waals surface area contributed by atoms with Crippen LogP contribution < -0.4 is 5.32 Å². The average Bonchev–Trinajstić information content (AvgIpc) is 2.49. The maximum atomic E-state index is 12.1. The number of rotatable bonds is 6. The predicted octanol–water partition coefficient (Wildman–Crippen LogP) is 4.13. The third kappa shape index (κ3) is 4.23. The zero-order valence-electron chi connectivity index (χ0n) is 11.4. The summed E-state index contributed by atoms with van der Waals surface area (Å²) in [6.07, 6.45) is -0.182. The number of benzene rings is 2. The van der Waals surface area contributed by atoms with E-state index in [1.165, 1.54) is 6.07 Å². The van der Waals surface area contributed by atoms with Crippen molar-refractivity contribution in [1.29, 1.82) is 0 Å². The number of carboxylic acid groups (broad SMARTS) is 1. The molecule has 0 bridgehead atoms. The number of hydrogen-bond acceptors (Lipinski definition) is 3. The second-order valence-electron chi connectivity index (χ2n) is 4.65. The van der Waals surface area contributed by atoms with Crippen LogP contribution in [0.4, 0.5) is 5.69 Å². The number of carbonyl (C=O) groups excluding carboxylic acids is 1. The first-order valence-corrected chi connectivity index (χ1v) is 7.25. The fourth-order valence-corrected chi connectivity index (χ4v) is 2.38. The largest absolute Gasteiger partial charge is 0.480 e. The summed E-state index contributed by atoms with van der Waals surface area (Å²) in [5, 5.41) is 12.8. The number of aliphatic carboxylic acids is 1. The van der Waals surface area contributed by atoms with Gasteiger partial charge in [-0.2, -0.15) is 0 Å². The molecule has 1 atom stereocenters. The molecule has 0 saturated carbocycles. The number of anilines is 1. The van der Waals surface area contributed by atoms with E-state index < -0.39 is 12.0 Å². The Morgan fingerprint density at radius 2 is 1.77 bits per heavy atom. The van der Waals surface area contributed by atoms with Crippen molar-refractivity contribution < 1.29 is 14.7 Å². The Hall–Kier alpha value is -2.04. The highest BCUT2D eigenvalue weighted by molar-refractivity contribution is 6.36. The molecule has 0 aliphatic heterocycles. The van der Waals surface area contributed by atoms with Crippen LogP contribution in [0, 0.1) is 0 Å². The summed E-state index contributed by atoms with van der Waals surface area (Å²) < 4.78 is 0. The summed E-state index contributed by atoms with van der Waals surface area (Å²) in [4.78, 5) is 23.5. The summed E-state index contributed by atoms with van der Waals surface area (Å²) in [6, 6.07) is 12.1. The first-order chi connectivity index (χ1) is 10.5. The molecule has 0 aliphatic carbocycles. The lowest BCUT2D eigenvalue weighted by Gasteiger charge is -2.16. The van der Waals surface area contributed by atoms with Crippen molar-refractivity contribution in [2.24, 2.45) is 0 Å². The molecule has 114 valence electrons. The van der Waals surface area contributed by atoms with Gasteiger partial charge in [-0.15, -0.1) is 0 Å². The van der Waals surface area contributed by atoms with Gasteiger partial charge in [-0.1, -0.05) is 53.5 Å². The topological polar surface area (TPSA) is 66.4 Å². The molecule has 0 radical (unpaired) electrons. The molecule has 4 nitrogen and oxygen atoms in total. The van der Waals surface area contributed by atoms with Crippen LogP contribution in [0.1, 0.15) is 16.8 Å². The predicted molar refractivity (Wildman–Crippen MR) is 86.9 cm³/mol. The summed E-state index contributed by atoms with van der Waals surface area (Å²) in [7, 11) is 0. The van der Waals surface area contributed by atoms with E-state index in [0.717, 1.165) is 0 Å². The first kappa shape index (κ1) is 16.3. The molecule has 0 heterocycles. The highest BCUT2D eigenvalue weighted by Gasteiger charge is 2.22. The maximum Gasteiger partial charge on any atom is 0.326 e. The fourth-order valence-electron chi connectivity index (χ4n) is 1.92. The van der Waals surface area contributed by atoms with Crippen LogP contribution in [0.5, 0.6) is 0 Å². The van der Waals surface area contributed by atoms with Crippen LogP contribution in [-0.2, 0) is 4.79 Å². The van der Waals surface area contributed by atoms with E-state index in [-0.39, 0.29) is 12.2 Å². The van der Waals surface area contributed by atoms with Gasteiger partial charge in [0, 0.05) is 17.0 Å². The van der Waals surface area contributed by atoms with Gasteiger partial charge in [-0.05, 0) is 18.2 Å². The summed E-state index contributed by atoms with van der Waals surface area (Å²) >= 11 is 11.8. The van der Waals surface area contributed by atoms with Crippen LogP contribution in [-0.4, -0.2) is 22.9 Å². The third-order valence-corrected chi connectivity index (χ3v) is 3.59. The fraction of sp³-hybridized carbons (Fsp3) is 0.125. The highest BCUT2D eigenvalue weighted by atomic mass is 35.5. The third-order valence-electron chi connectivity index (χ3n) is 3.04. The normalized spacial score (nSPS) is 11.7. The zero-order valence-corrected chi connectivity index (χ0v) is 12.9. The monoisotopic (exact) mass is 337 g/mol. The lowest BCUT2D eigenvalue weighted by molar-refractivity contribution is -0.137. The molecule has 2 aromatic carbocycles. The molecule has 2 rings (SSSR count). The standard InChI is InChI=1S/C16H13Cl2NO3/c17-11-6-7-13(12(18)8-11)19-14(16(21)22)9-15(20)10-4-2-1-3-5-10/h1-8,14,19H,9H2,(H,21,22)/t14-/m0/s1. The lowest BCUT2D eigenvalue weighted by Crippen LogP contribution is -2.32. The van der Waals surface area contributed by atoms with Crippen LogP contribution in [0.2, 0.25) is 10.0 Å². The second kappa shape index (κ2) is 7.29. The molecular formula is C16H13Cl2NO3. The van der Waals surface area contributed by atoms with Gasteiger partial charge < -0.3 is 10.4 Å². The lowest BCUT2D eigenvalue weighted by atomic mass is 10.0. The smallest absolute Gasteiger partial charge is 0.326 e. The highest BCUT2D eigenvalue weighted by Crippen LogP contribution is 2.26. The summed E-state index contributed by atoms with van der Waals surface area (Å²) in [5.74, 6) is -1.39. The van der Waals surface area contributed by atoms with Crippen molar-refractivity contribution in [1.82, 2.24) is 0 Å². The van der Waals surface area contributed by atoms with Crippen molar-refractivity contribution in [3.05, 3.63) is 64.1 Å². The SMILES string of the molecule is O=C(C[C@H](Nc1ccc(Cl)cc1Cl)C(=O)O)c1ccccc1. The maximum absolute atomic E-state index is 12.1. The zero-order chi connectivity index (χ0) is 16.1. The molecule has 6 heteroatoms. The van der Waals surface area contributed by atoms with Crippen molar-refractivity contribution in [3.8, 4) is 0 Å².